The third-order valence-corrected chi connectivity index (χ3v) is 1.99. The molecule has 0 spiro atoms. The second-order valence-electron chi connectivity index (χ2n) is 4.21. The lowest BCUT2D eigenvalue weighted by atomic mass is 10.5. The lowest BCUT2D eigenvalue weighted by molar-refractivity contribution is -0.870. The van der Waals surface area contributed by atoms with Gasteiger partial charge in [0.2, 0.25) is 0 Å². The van der Waals surface area contributed by atoms with E-state index in [0.717, 1.165) is 17.1 Å². The predicted molar refractivity (Wildman–Crippen MR) is 66.6 cm³/mol. The lowest BCUT2D eigenvalue weighted by Crippen LogP contribution is -2.36. The third kappa shape index (κ3) is 31.6. The third-order valence-electron chi connectivity index (χ3n) is 1.34. The lowest BCUT2D eigenvalue weighted by Gasteiger charge is -2.21. The zero-order valence-corrected chi connectivity index (χ0v) is 12.2. The summed E-state index contributed by atoms with van der Waals surface area (Å²) in [4.78, 5) is 9.14. The number of aliphatic carboxylic acids is 1. The van der Waals surface area contributed by atoms with E-state index >= 15 is 0 Å². The molecule has 0 aliphatic rings. The van der Waals surface area contributed by atoms with Crippen LogP contribution in [0.3, 0.4) is 0 Å². The smallest absolute Gasteiger partial charge is 0.347 e. The molecule has 0 aliphatic heterocycles. The van der Waals surface area contributed by atoms with Crippen LogP contribution in [0, 0.1) is 0 Å². The van der Waals surface area contributed by atoms with Gasteiger partial charge in [-0.1, -0.05) is 6.58 Å². The molecule has 0 fully saturated rings. The van der Waals surface area contributed by atoms with Gasteiger partial charge in [-0.3, -0.25) is 0 Å². The molecule has 19 heavy (non-hydrogen) atoms. The average Bonchev–Trinajstić information content (AvgIpc) is 2.27. The van der Waals surface area contributed by atoms with Gasteiger partial charge in [0, 0.05) is 0 Å². The van der Waals surface area contributed by atoms with Gasteiger partial charge < -0.3 is 29.7 Å². The first-order valence-electron chi connectivity index (χ1n) is 5.19. The summed E-state index contributed by atoms with van der Waals surface area (Å²) in [5.41, 5.74) is 0. The summed E-state index contributed by atoms with van der Waals surface area (Å²) in [7, 11) is 3.30. The Hall–Kier alpha value is -1.05. The van der Waals surface area contributed by atoms with E-state index in [-0.39, 0.29) is 6.61 Å². The number of carboxylic acids is 1. The summed E-state index contributed by atoms with van der Waals surface area (Å²) in [6, 6.07) is 0. The maximum Gasteiger partial charge on any atom is 0.347 e. The monoisotopic (exact) mass is 299 g/mol. The maximum absolute atomic E-state index is 9.56. The number of carboxylic acid groups (broad SMARTS) is 1. The quantitative estimate of drug-likeness (QED) is 0.306. The van der Waals surface area contributed by atoms with Gasteiger partial charge in [0.1, 0.15) is 6.54 Å². The van der Waals surface area contributed by atoms with Crippen molar-refractivity contribution in [2.45, 2.75) is 5.85 Å². The largest absolute Gasteiger partial charge is 0.545 e. The van der Waals surface area contributed by atoms with Crippen molar-refractivity contribution in [2.75, 3.05) is 40.9 Å². The van der Waals surface area contributed by atoms with Crippen molar-refractivity contribution in [2.24, 2.45) is 0 Å². The van der Waals surface area contributed by atoms with Crippen molar-refractivity contribution in [3.05, 3.63) is 12.7 Å². The number of carbonyl (C=O) groups excluding carboxylic acids is 1. The molecule has 0 bridgehead atoms. The number of aliphatic hydroxyl groups excluding tert-OH is 3. The van der Waals surface area contributed by atoms with Crippen molar-refractivity contribution in [3.63, 3.8) is 0 Å². The highest BCUT2D eigenvalue weighted by Gasteiger charge is 2.05. The zero-order valence-electron chi connectivity index (χ0n) is 11.4. The van der Waals surface area contributed by atoms with Gasteiger partial charge in [-0.25, -0.2) is 9.13 Å². The first-order valence-corrected chi connectivity index (χ1v) is 6.43. The first kappa shape index (κ1) is 23.1. The molecule has 0 heterocycles. The molecule has 0 amide bonds. The highest BCUT2D eigenvalue weighted by molar-refractivity contribution is 7.31. The number of rotatable bonds is 5. The summed E-state index contributed by atoms with van der Waals surface area (Å²) in [5, 5.41) is 33.5. The van der Waals surface area contributed by atoms with E-state index in [0.29, 0.717) is 0 Å². The minimum absolute atomic E-state index is 0.281. The molecule has 9 heteroatoms. The first-order chi connectivity index (χ1) is 8.51. The number of hydrogen-bond donors (Lipinski definition) is 3. The fourth-order valence-corrected chi connectivity index (χ4v) is 0.500. The number of likely N-dealkylation sites (N-methyl/N-ethyl adjacent to an activating group) is 1. The molecular formula is C10H22NO7P. The molecule has 0 radical (unpaired) electrons. The van der Waals surface area contributed by atoms with Crippen molar-refractivity contribution in [3.8, 4) is 0 Å². The summed E-state index contributed by atoms with van der Waals surface area (Å²) in [6.45, 7) is 3.29. The summed E-state index contributed by atoms with van der Waals surface area (Å²) in [5.74, 6) is -2.82. The fraction of sp³-hybridized carbons (Fsp3) is 0.700. The molecule has 0 aromatic heterocycles. The second kappa shape index (κ2) is 13.4. The number of hydrogen-bond acceptors (Lipinski definition) is 7. The molecule has 0 aromatic carbocycles. The summed E-state index contributed by atoms with van der Waals surface area (Å²) in [6.07, 6.45) is 0.722. The van der Waals surface area contributed by atoms with Gasteiger partial charge in [0.25, 0.3) is 0 Å². The molecule has 0 saturated carbocycles. The van der Waals surface area contributed by atoms with E-state index in [1.54, 1.807) is 0 Å². The van der Waals surface area contributed by atoms with Crippen LogP contribution < -0.4 is 5.11 Å². The number of quaternary nitrogens is 1. The van der Waals surface area contributed by atoms with Crippen LogP contribution in [-0.2, 0) is 13.9 Å². The summed E-state index contributed by atoms with van der Waals surface area (Å²) >= 11 is 0. The van der Waals surface area contributed by atoms with Gasteiger partial charge in [-0.15, -0.1) is 0 Å². The maximum atomic E-state index is 9.56. The van der Waals surface area contributed by atoms with Gasteiger partial charge in [0.05, 0.1) is 40.3 Å². The minimum Gasteiger partial charge on any atom is -0.545 e. The van der Waals surface area contributed by atoms with E-state index in [2.05, 4.69) is 27.7 Å². The van der Waals surface area contributed by atoms with Crippen LogP contribution in [0.5, 0.6) is 0 Å². The Bertz CT molecular complexity index is 301. The van der Waals surface area contributed by atoms with Crippen LogP contribution in [0.15, 0.2) is 12.7 Å². The average molecular weight is 299 g/mol. The van der Waals surface area contributed by atoms with Gasteiger partial charge in [-0.2, -0.15) is 0 Å². The summed E-state index contributed by atoms with van der Waals surface area (Å²) < 4.78 is 20.0. The molecule has 114 valence electrons. The Labute approximate surface area is 113 Å². The second-order valence-corrected chi connectivity index (χ2v) is 5.38. The fourth-order valence-electron chi connectivity index (χ4n) is 0.367. The van der Waals surface area contributed by atoms with Crippen molar-refractivity contribution < 1.29 is 38.8 Å². The molecule has 0 rings (SSSR count). The number of aliphatic hydroxyl groups is 3. The highest BCUT2D eigenvalue weighted by atomic mass is 31.1. The Balaban J connectivity index is -0.000000206. The topological polar surface area (TPSA) is 135 Å². The van der Waals surface area contributed by atoms with Crippen LogP contribution in [0.2, 0.25) is 0 Å². The normalized spacial score (nSPS) is 11.1. The van der Waals surface area contributed by atoms with E-state index in [9.17, 15) is 9.13 Å². The zero-order chi connectivity index (χ0) is 16.1. The molecule has 3 N–H and O–H groups in total. The Morgan fingerprint density at radius 2 is 1.74 bits per heavy atom. The molecule has 0 aromatic rings. The van der Waals surface area contributed by atoms with E-state index in [1.807, 2.05) is 0 Å². The SMILES string of the molecule is C=CC(=O)[O-].C[N+](C)(C)CCO.O=P(=O)C(O)CO. The Morgan fingerprint density at radius 3 is 1.74 bits per heavy atom. The van der Waals surface area contributed by atoms with Crippen molar-refractivity contribution >= 4 is 13.6 Å². The molecular weight excluding hydrogens is 277 g/mol. The number of carbonyl (C=O) groups is 1. The van der Waals surface area contributed by atoms with Crippen LogP contribution in [-0.4, -0.2) is 72.5 Å². The molecule has 0 aliphatic carbocycles. The molecule has 0 saturated heterocycles. The van der Waals surface area contributed by atoms with Gasteiger partial charge >= 0.3 is 7.68 Å². The van der Waals surface area contributed by atoms with Crippen LogP contribution in [0.1, 0.15) is 0 Å². The van der Waals surface area contributed by atoms with E-state index in [1.165, 1.54) is 0 Å². The van der Waals surface area contributed by atoms with Gasteiger partial charge in [0.15, 0.2) is 5.85 Å². The Morgan fingerprint density at radius 1 is 1.37 bits per heavy atom. The van der Waals surface area contributed by atoms with Crippen molar-refractivity contribution in [1.29, 1.82) is 0 Å². The predicted octanol–water partition coefficient (Wildman–Crippen LogP) is -1.92. The van der Waals surface area contributed by atoms with E-state index < -0.39 is 26.1 Å². The van der Waals surface area contributed by atoms with Crippen molar-refractivity contribution in [1.82, 2.24) is 0 Å². The standard InChI is InChI=1S/C5H14NO.C3H4O2.C2H5O4P/c1-6(2,3)4-5-7;1-2-3(4)5;3-1-2(4)7(5)6/h7H,4-5H2,1-3H3;2H,1H2,(H,4,5);2-4H,1H2/q+1;;/p-1. The Kier molecular flexibility index (Phi) is 16.3. The van der Waals surface area contributed by atoms with Crippen LogP contribution in [0.4, 0.5) is 0 Å². The molecule has 8 nitrogen and oxygen atoms in total. The van der Waals surface area contributed by atoms with E-state index in [4.69, 9.17) is 25.2 Å². The highest BCUT2D eigenvalue weighted by Crippen LogP contribution is 2.08. The van der Waals surface area contributed by atoms with Crippen LogP contribution >= 0.6 is 7.68 Å². The van der Waals surface area contributed by atoms with Gasteiger partial charge in [-0.05, 0) is 6.08 Å². The molecule has 1 atom stereocenters. The van der Waals surface area contributed by atoms with Crippen LogP contribution in [0.25, 0.3) is 0 Å². The number of nitrogens with zero attached hydrogens (tertiary/aromatic N) is 1. The minimum atomic E-state index is -2.86. The molecule has 1 unspecified atom stereocenters.